The van der Waals surface area contributed by atoms with Crippen molar-refractivity contribution in [2.45, 2.75) is 18.9 Å². The average Bonchev–Trinajstić information content (AvgIpc) is 2.56. The van der Waals surface area contributed by atoms with Gasteiger partial charge in [-0.15, -0.1) is 0 Å². The van der Waals surface area contributed by atoms with E-state index in [1.54, 1.807) is 6.20 Å². The third-order valence-corrected chi connectivity index (χ3v) is 3.69. The van der Waals surface area contributed by atoms with E-state index < -0.39 is 4.92 Å². The van der Waals surface area contributed by atoms with E-state index in [0.717, 1.165) is 31.7 Å². The van der Waals surface area contributed by atoms with Gasteiger partial charge in [0, 0.05) is 32.1 Å². The molecule has 0 bridgehead atoms. The normalized spacial score (nSPS) is 15.4. The first-order chi connectivity index (χ1) is 11.1. The number of pyridine rings is 1. The maximum absolute atomic E-state index is 11.1. The molecule has 1 saturated heterocycles. The first kappa shape index (κ1) is 14.9. The fraction of sp³-hybridized carbons (Fsp3) is 0.357. The summed E-state index contributed by atoms with van der Waals surface area (Å²) < 4.78 is 5.69. The Morgan fingerprint density at radius 2 is 2.04 bits per heavy atom. The lowest BCUT2D eigenvalue weighted by Crippen LogP contribution is -2.38. The number of piperidine rings is 1. The van der Waals surface area contributed by atoms with Gasteiger partial charge in [0.1, 0.15) is 18.2 Å². The number of ether oxygens (including phenoxy) is 1. The number of hydrogen-bond acceptors (Lipinski definition) is 8. The van der Waals surface area contributed by atoms with Crippen LogP contribution in [-0.2, 0) is 0 Å². The number of aromatic nitrogens is 3. The highest BCUT2D eigenvalue weighted by Crippen LogP contribution is 2.31. The number of nitrogen functional groups attached to an aromatic ring is 1. The summed E-state index contributed by atoms with van der Waals surface area (Å²) >= 11 is 0. The Morgan fingerprint density at radius 3 is 2.70 bits per heavy atom. The van der Waals surface area contributed by atoms with E-state index in [4.69, 9.17) is 10.5 Å². The molecule has 120 valence electrons. The molecule has 2 N–H and O–H groups in total. The van der Waals surface area contributed by atoms with Crippen LogP contribution in [0.25, 0.3) is 0 Å². The van der Waals surface area contributed by atoms with E-state index >= 15 is 0 Å². The zero-order valence-electron chi connectivity index (χ0n) is 12.3. The van der Waals surface area contributed by atoms with Gasteiger partial charge >= 0.3 is 5.69 Å². The zero-order valence-corrected chi connectivity index (χ0v) is 12.3. The molecule has 1 aliphatic rings. The quantitative estimate of drug-likeness (QED) is 0.664. The van der Waals surface area contributed by atoms with E-state index in [1.807, 2.05) is 18.2 Å². The third-order valence-electron chi connectivity index (χ3n) is 3.69. The van der Waals surface area contributed by atoms with Gasteiger partial charge in [-0.3, -0.25) is 10.1 Å². The number of nitrogens with two attached hydrogens (primary N) is 1. The first-order valence-electron chi connectivity index (χ1n) is 7.22. The molecule has 0 aliphatic carbocycles. The number of nitrogens with zero attached hydrogens (tertiary/aromatic N) is 5. The fourth-order valence-corrected chi connectivity index (χ4v) is 2.53. The van der Waals surface area contributed by atoms with Gasteiger partial charge in [-0.25, -0.2) is 9.97 Å². The summed E-state index contributed by atoms with van der Waals surface area (Å²) in [6, 6.07) is 5.77. The van der Waals surface area contributed by atoms with E-state index in [2.05, 4.69) is 19.9 Å². The van der Waals surface area contributed by atoms with Crippen molar-refractivity contribution in [2.75, 3.05) is 23.7 Å². The standard InChI is InChI=1S/C14H16N6O3/c15-13-12(20(21)22)14(18-9-17-13)23-10-4-7-19(8-5-10)11-3-1-2-6-16-11/h1-3,6,9-10H,4-5,7-8H2,(H2,15,17,18). The summed E-state index contributed by atoms with van der Waals surface area (Å²) in [5.41, 5.74) is 5.16. The summed E-state index contributed by atoms with van der Waals surface area (Å²) in [5, 5.41) is 11.1. The maximum Gasteiger partial charge on any atom is 0.372 e. The Kier molecular flexibility index (Phi) is 4.18. The average molecular weight is 316 g/mol. The minimum atomic E-state index is -0.617. The first-order valence-corrected chi connectivity index (χ1v) is 7.22. The van der Waals surface area contributed by atoms with Gasteiger partial charge in [-0.2, -0.15) is 4.98 Å². The van der Waals surface area contributed by atoms with E-state index in [0.29, 0.717) is 0 Å². The molecule has 0 radical (unpaired) electrons. The minimum absolute atomic E-state index is 0.0706. The van der Waals surface area contributed by atoms with Gasteiger partial charge in [-0.1, -0.05) is 6.07 Å². The van der Waals surface area contributed by atoms with Crippen LogP contribution in [0.1, 0.15) is 12.8 Å². The van der Waals surface area contributed by atoms with Gasteiger partial charge in [-0.05, 0) is 12.1 Å². The molecular weight excluding hydrogens is 300 g/mol. The van der Waals surface area contributed by atoms with Crippen molar-refractivity contribution in [3.63, 3.8) is 0 Å². The molecular formula is C14H16N6O3. The molecule has 0 aromatic carbocycles. The molecule has 0 saturated carbocycles. The third kappa shape index (κ3) is 3.28. The van der Waals surface area contributed by atoms with Crippen molar-refractivity contribution in [3.8, 4) is 5.88 Å². The Morgan fingerprint density at radius 1 is 1.26 bits per heavy atom. The summed E-state index contributed by atoms with van der Waals surface area (Å²) in [5.74, 6) is 0.660. The van der Waals surface area contributed by atoms with Gasteiger partial charge in [0.2, 0.25) is 5.82 Å². The van der Waals surface area contributed by atoms with Crippen LogP contribution in [0.5, 0.6) is 5.88 Å². The largest absolute Gasteiger partial charge is 0.469 e. The zero-order chi connectivity index (χ0) is 16.2. The minimum Gasteiger partial charge on any atom is -0.469 e. The van der Waals surface area contributed by atoms with Crippen molar-refractivity contribution in [3.05, 3.63) is 40.8 Å². The van der Waals surface area contributed by atoms with Crippen molar-refractivity contribution in [1.82, 2.24) is 15.0 Å². The van der Waals surface area contributed by atoms with Gasteiger partial charge < -0.3 is 15.4 Å². The van der Waals surface area contributed by atoms with Crippen molar-refractivity contribution in [1.29, 1.82) is 0 Å². The highest BCUT2D eigenvalue weighted by molar-refractivity contribution is 5.58. The van der Waals surface area contributed by atoms with E-state index in [-0.39, 0.29) is 23.5 Å². The highest BCUT2D eigenvalue weighted by Gasteiger charge is 2.27. The Hall–Kier alpha value is -2.97. The molecule has 23 heavy (non-hydrogen) atoms. The van der Waals surface area contributed by atoms with Crippen molar-refractivity contribution in [2.24, 2.45) is 0 Å². The van der Waals surface area contributed by atoms with Gasteiger partial charge in [0.25, 0.3) is 5.88 Å². The topological polar surface area (TPSA) is 120 Å². The smallest absolute Gasteiger partial charge is 0.372 e. The van der Waals surface area contributed by atoms with Crippen LogP contribution in [0.4, 0.5) is 17.3 Å². The van der Waals surface area contributed by atoms with Crippen LogP contribution in [0.15, 0.2) is 30.7 Å². The molecule has 0 atom stereocenters. The summed E-state index contributed by atoms with van der Waals surface area (Å²) in [4.78, 5) is 24.4. The number of hydrogen-bond donors (Lipinski definition) is 1. The maximum atomic E-state index is 11.1. The predicted molar refractivity (Wildman–Crippen MR) is 83.2 cm³/mol. The molecule has 2 aromatic rings. The monoisotopic (exact) mass is 316 g/mol. The summed E-state index contributed by atoms with van der Waals surface area (Å²) in [6.07, 6.45) is 4.21. The van der Waals surface area contributed by atoms with Crippen LogP contribution in [0.2, 0.25) is 0 Å². The number of rotatable bonds is 4. The molecule has 3 heterocycles. The van der Waals surface area contributed by atoms with Crippen LogP contribution >= 0.6 is 0 Å². The highest BCUT2D eigenvalue weighted by atomic mass is 16.6. The van der Waals surface area contributed by atoms with Crippen molar-refractivity contribution >= 4 is 17.3 Å². The summed E-state index contributed by atoms with van der Waals surface area (Å²) in [6.45, 7) is 1.52. The fourth-order valence-electron chi connectivity index (χ4n) is 2.53. The van der Waals surface area contributed by atoms with Crippen LogP contribution in [0.3, 0.4) is 0 Å². The van der Waals surface area contributed by atoms with Crippen LogP contribution in [0, 0.1) is 10.1 Å². The second-order valence-corrected chi connectivity index (χ2v) is 5.16. The Bertz CT molecular complexity index is 688. The molecule has 2 aromatic heterocycles. The van der Waals surface area contributed by atoms with Gasteiger partial charge in [0.15, 0.2) is 0 Å². The SMILES string of the molecule is Nc1ncnc(OC2CCN(c3ccccn3)CC2)c1[N+](=O)[O-]. The molecule has 1 aliphatic heterocycles. The lowest BCUT2D eigenvalue weighted by molar-refractivity contribution is -0.385. The van der Waals surface area contributed by atoms with E-state index in [1.165, 1.54) is 6.33 Å². The van der Waals surface area contributed by atoms with Crippen LogP contribution in [-0.4, -0.2) is 39.1 Å². The second-order valence-electron chi connectivity index (χ2n) is 5.16. The lowest BCUT2D eigenvalue weighted by atomic mass is 10.1. The Labute approximate surface area is 132 Å². The molecule has 3 rings (SSSR count). The van der Waals surface area contributed by atoms with Crippen LogP contribution < -0.4 is 15.4 Å². The molecule has 0 amide bonds. The summed E-state index contributed by atoms with van der Waals surface area (Å²) in [7, 11) is 0. The van der Waals surface area contributed by atoms with Crippen molar-refractivity contribution < 1.29 is 9.66 Å². The molecule has 9 nitrogen and oxygen atoms in total. The number of anilines is 2. The number of nitro groups is 1. The predicted octanol–water partition coefficient (Wildman–Crippen LogP) is 1.41. The van der Waals surface area contributed by atoms with Gasteiger partial charge in [0.05, 0.1) is 4.92 Å². The molecule has 0 spiro atoms. The van der Waals surface area contributed by atoms with E-state index in [9.17, 15) is 10.1 Å². The lowest BCUT2D eigenvalue weighted by Gasteiger charge is -2.32. The second kappa shape index (κ2) is 6.42. The Balaban J connectivity index is 1.66. The molecule has 1 fully saturated rings. The molecule has 0 unspecified atom stereocenters. The molecule has 9 heteroatoms.